The van der Waals surface area contributed by atoms with Gasteiger partial charge in [0.25, 0.3) is 0 Å². The number of hydrogen-bond donors (Lipinski definition) is 2. The second-order valence-electron chi connectivity index (χ2n) is 5.03. The third-order valence-corrected chi connectivity index (χ3v) is 3.83. The van der Waals surface area contributed by atoms with E-state index in [4.69, 9.17) is 0 Å². The summed E-state index contributed by atoms with van der Waals surface area (Å²) in [6.45, 7) is 0. The minimum absolute atomic E-state index is 0.268. The Morgan fingerprint density at radius 1 is 0.696 bits per heavy atom. The third-order valence-electron chi connectivity index (χ3n) is 3.33. The molecule has 3 aromatic rings. The van der Waals surface area contributed by atoms with Gasteiger partial charge in [0.15, 0.2) is 0 Å². The van der Waals surface area contributed by atoms with Gasteiger partial charge in [0.1, 0.15) is 0 Å². The predicted molar refractivity (Wildman–Crippen MR) is 98.7 cm³/mol. The van der Waals surface area contributed by atoms with Gasteiger partial charge in [-0.15, -0.1) is 0 Å². The molecule has 0 aliphatic rings. The first-order valence-corrected chi connectivity index (χ1v) is 7.99. The van der Waals surface area contributed by atoms with Crippen LogP contribution in [-0.2, 0) is 0 Å². The average Bonchev–Trinajstić information content (AvgIpc) is 2.56. The van der Waals surface area contributed by atoms with Crippen molar-refractivity contribution < 1.29 is 4.79 Å². The first-order valence-electron chi connectivity index (χ1n) is 7.20. The van der Waals surface area contributed by atoms with E-state index in [-0.39, 0.29) is 6.03 Å². The molecular weight excluding hydrogens is 352 g/mol. The molecule has 2 N–H and O–H groups in total. The summed E-state index contributed by atoms with van der Waals surface area (Å²) in [7, 11) is 0. The Kier molecular flexibility index (Phi) is 4.74. The lowest BCUT2D eigenvalue weighted by atomic mass is 10.1. The number of rotatable bonds is 3. The molecule has 3 rings (SSSR count). The molecule has 0 aliphatic carbocycles. The number of carbonyl (C=O) groups is 1. The number of halogens is 1. The number of carbonyl (C=O) groups excluding carboxylic acids is 1. The van der Waals surface area contributed by atoms with Crippen molar-refractivity contribution in [2.45, 2.75) is 0 Å². The van der Waals surface area contributed by atoms with Gasteiger partial charge >= 0.3 is 6.03 Å². The van der Waals surface area contributed by atoms with Crippen molar-refractivity contribution in [2.75, 3.05) is 10.6 Å². The lowest BCUT2D eigenvalue weighted by Gasteiger charge is -2.09. The van der Waals surface area contributed by atoms with Gasteiger partial charge in [-0.3, -0.25) is 0 Å². The summed E-state index contributed by atoms with van der Waals surface area (Å²) in [5, 5.41) is 5.62. The molecule has 3 aromatic carbocycles. The first kappa shape index (κ1) is 15.3. The Morgan fingerprint density at radius 3 is 2.04 bits per heavy atom. The molecule has 0 spiro atoms. The molecule has 4 heteroatoms. The Bertz CT molecular complexity index is 801. The van der Waals surface area contributed by atoms with Crippen LogP contribution in [0.5, 0.6) is 0 Å². The number of nitrogens with one attached hydrogen (secondary N) is 2. The van der Waals surface area contributed by atoms with Crippen LogP contribution >= 0.6 is 15.9 Å². The zero-order chi connectivity index (χ0) is 16.1. The van der Waals surface area contributed by atoms with Gasteiger partial charge in [-0.25, -0.2) is 4.79 Å². The molecule has 0 unspecified atom stereocenters. The maximum absolute atomic E-state index is 12.0. The average molecular weight is 367 g/mol. The van der Waals surface area contributed by atoms with E-state index in [1.165, 1.54) is 0 Å². The Labute approximate surface area is 143 Å². The summed E-state index contributed by atoms with van der Waals surface area (Å²) in [6.07, 6.45) is 0. The highest BCUT2D eigenvalue weighted by Crippen LogP contribution is 2.21. The molecule has 3 nitrogen and oxygen atoms in total. The fourth-order valence-corrected chi connectivity index (χ4v) is 2.64. The van der Waals surface area contributed by atoms with Crippen molar-refractivity contribution in [3.8, 4) is 11.1 Å². The largest absolute Gasteiger partial charge is 0.323 e. The molecule has 0 saturated carbocycles. The molecule has 0 aliphatic heterocycles. The van der Waals surface area contributed by atoms with Crippen molar-refractivity contribution in [3.63, 3.8) is 0 Å². The standard InChI is InChI=1S/C19H15BrN2O/c20-16-7-4-8-18(13-16)22-19(23)21-17-11-9-15(10-12-17)14-5-2-1-3-6-14/h1-13H,(H2,21,22,23). The molecule has 114 valence electrons. The van der Waals surface area contributed by atoms with E-state index in [2.05, 4.69) is 38.7 Å². The van der Waals surface area contributed by atoms with E-state index >= 15 is 0 Å². The number of amides is 2. The molecule has 0 atom stereocenters. The lowest BCUT2D eigenvalue weighted by Crippen LogP contribution is -2.19. The summed E-state index contributed by atoms with van der Waals surface area (Å²) in [6, 6.07) is 25.1. The Balaban J connectivity index is 1.65. The van der Waals surface area contributed by atoms with Gasteiger partial charge < -0.3 is 10.6 Å². The van der Waals surface area contributed by atoms with Crippen LogP contribution in [0.2, 0.25) is 0 Å². The second-order valence-corrected chi connectivity index (χ2v) is 5.95. The van der Waals surface area contributed by atoms with E-state index < -0.39 is 0 Å². The minimum atomic E-state index is -0.268. The van der Waals surface area contributed by atoms with Crippen LogP contribution in [0.3, 0.4) is 0 Å². The van der Waals surface area contributed by atoms with Crippen LogP contribution in [0.15, 0.2) is 83.3 Å². The molecule has 0 bridgehead atoms. The molecular formula is C19H15BrN2O. The number of urea groups is 1. The monoisotopic (exact) mass is 366 g/mol. The van der Waals surface area contributed by atoms with E-state index in [1.54, 1.807) is 0 Å². The summed E-state index contributed by atoms with van der Waals surface area (Å²) >= 11 is 3.38. The van der Waals surface area contributed by atoms with Crippen molar-refractivity contribution in [1.82, 2.24) is 0 Å². The third kappa shape index (κ3) is 4.20. The smallest absolute Gasteiger partial charge is 0.308 e. The fraction of sp³-hybridized carbons (Fsp3) is 0. The van der Waals surface area contributed by atoms with Gasteiger partial charge in [-0.1, -0.05) is 64.5 Å². The molecule has 0 fully saturated rings. The minimum Gasteiger partial charge on any atom is -0.308 e. The van der Waals surface area contributed by atoms with E-state index in [1.807, 2.05) is 66.7 Å². The highest BCUT2D eigenvalue weighted by Gasteiger charge is 2.03. The highest BCUT2D eigenvalue weighted by molar-refractivity contribution is 9.10. The van der Waals surface area contributed by atoms with Crippen LogP contribution in [0.25, 0.3) is 11.1 Å². The van der Waals surface area contributed by atoms with E-state index in [0.29, 0.717) is 0 Å². The fourth-order valence-electron chi connectivity index (χ4n) is 2.24. The topological polar surface area (TPSA) is 41.1 Å². The first-order chi connectivity index (χ1) is 11.2. The van der Waals surface area contributed by atoms with Crippen molar-refractivity contribution >= 4 is 33.3 Å². The van der Waals surface area contributed by atoms with Gasteiger partial charge in [0, 0.05) is 15.8 Å². The normalized spacial score (nSPS) is 10.1. The van der Waals surface area contributed by atoms with Gasteiger partial charge in [0.2, 0.25) is 0 Å². The number of hydrogen-bond acceptors (Lipinski definition) is 1. The molecule has 0 radical (unpaired) electrons. The van der Waals surface area contributed by atoms with E-state index in [9.17, 15) is 4.79 Å². The van der Waals surface area contributed by atoms with Crippen LogP contribution in [0.1, 0.15) is 0 Å². The van der Waals surface area contributed by atoms with Crippen molar-refractivity contribution in [2.24, 2.45) is 0 Å². The molecule has 23 heavy (non-hydrogen) atoms. The summed E-state index contributed by atoms with van der Waals surface area (Å²) in [5.41, 5.74) is 3.75. The zero-order valence-electron chi connectivity index (χ0n) is 12.3. The van der Waals surface area contributed by atoms with Gasteiger partial charge in [0.05, 0.1) is 0 Å². The Morgan fingerprint density at radius 2 is 1.35 bits per heavy atom. The maximum Gasteiger partial charge on any atom is 0.323 e. The second kappa shape index (κ2) is 7.11. The summed E-state index contributed by atoms with van der Waals surface area (Å²) in [5.74, 6) is 0. The highest BCUT2D eigenvalue weighted by atomic mass is 79.9. The van der Waals surface area contributed by atoms with Gasteiger partial charge in [-0.2, -0.15) is 0 Å². The van der Waals surface area contributed by atoms with Crippen molar-refractivity contribution in [1.29, 1.82) is 0 Å². The zero-order valence-corrected chi connectivity index (χ0v) is 13.9. The quantitative estimate of drug-likeness (QED) is 0.607. The van der Waals surface area contributed by atoms with Gasteiger partial charge in [-0.05, 0) is 41.5 Å². The van der Waals surface area contributed by atoms with Crippen LogP contribution in [0.4, 0.5) is 16.2 Å². The summed E-state index contributed by atoms with van der Waals surface area (Å²) in [4.78, 5) is 12.0. The lowest BCUT2D eigenvalue weighted by molar-refractivity contribution is 0.262. The van der Waals surface area contributed by atoms with Crippen LogP contribution in [0, 0.1) is 0 Å². The SMILES string of the molecule is O=C(Nc1ccc(-c2ccccc2)cc1)Nc1cccc(Br)c1. The predicted octanol–water partition coefficient (Wildman–Crippen LogP) is 5.76. The van der Waals surface area contributed by atoms with Crippen LogP contribution < -0.4 is 10.6 Å². The number of anilines is 2. The maximum atomic E-state index is 12.0. The Hall–Kier alpha value is -2.59. The molecule has 0 heterocycles. The van der Waals surface area contributed by atoms with Crippen LogP contribution in [-0.4, -0.2) is 6.03 Å². The molecule has 2 amide bonds. The van der Waals surface area contributed by atoms with Crippen molar-refractivity contribution in [3.05, 3.63) is 83.3 Å². The number of benzene rings is 3. The summed E-state index contributed by atoms with van der Waals surface area (Å²) < 4.78 is 0.919. The van der Waals surface area contributed by atoms with E-state index in [0.717, 1.165) is 27.0 Å². The molecule has 0 aromatic heterocycles. The molecule has 0 saturated heterocycles.